The highest BCUT2D eigenvalue weighted by molar-refractivity contribution is 7.89. The van der Waals surface area contributed by atoms with E-state index in [1.807, 2.05) is 0 Å². The van der Waals surface area contributed by atoms with E-state index < -0.39 is 10.0 Å². The third kappa shape index (κ3) is 2.94. The van der Waals surface area contributed by atoms with E-state index >= 15 is 0 Å². The normalized spacial score (nSPS) is 13.2. The number of sulfonamides is 1. The fraction of sp³-hybridized carbons (Fsp3) is 0.231. The quantitative estimate of drug-likeness (QED) is 0.566. The Hall–Kier alpha value is -1.99. The predicted octanol–water partition coefficient (Wildman–Crippen LogP) is 1.09. The van der Waals surface area contributed by atoms with Gasteiger partial charge < -0.3 is 5.73 Å². The van der Waals surface area contributed by atoms with E-state index in [0.717, 1.165) is 5.39 Å². The van der Waals surface area contributed by atoms with Crippen molar-refractivity contribution in [2.75, 3.05) is 6.54 Å². The van der Waals surface area contributed by atoms with E-state index in [2.05, 4.69) is 9.71 Å². The lowest BCUT2D eigenvalue weighted by atomic mass is 10.2. The number of hydrogen-bond donors (Lipinski definition) is 3. The highest BCUT2D eigenvalue weighted by Crippen LogP contribution is 2.21. The van der Waals surface area contributed by atoms with Crippen molar-refractivity contribution >= 4 is 26.6 Å². The van der Waals surface area contributed by atoms with Crippen molar-refractivity contribution in [1.29, 1.82) is 5.41 Å². The smallest absolute Gasteiger partial charge is 0.241 e. The summed E-state index contributed by atoms with van der Waals surface area (Å²) in [5, 5.41) is 8.65. The Morgan fingerprint density at radius 1 is 1.45 bits per heavy atom. The zero-order chi connectivity index (χ0) is 14.8. The summed E-state index contributed by atoms with van der Waals surface area (Å²) in [5.74, 6) is -0.392. The van der Waals surface area contributed by atoms with Gasteiger partial charge in [-0.05, 0) is 12.1 Å². The van der Waals surface area contributed by atoms with Gasteiger partial charge in [-0.1, -0.05) is 19.1 Å². The highest BCUT2D eigenvalue weighted by Gasteiger charge is 2.18. The van der Waals surface area contributed by atoms with Crippen LogP contribution in [0, 0.1) is 11.3 Å². The van der Waals surface area contributed by atoms with Gasteiger partial charge in [-0.25, -0.2) is 13.1 Å². The Labute approximate surface area is 117 Å². The van der Waals surface area contributed by atoms with Crippen molar-refractivity contribution in [2.24, 2.45) is 11.7 Å². The van der Waals surface area contributed by atoms with E-state index in [1.54, 1.807) is 43.6 Å². The molecule has 20 heavy (non-hydrogen) atoms. The molecule has 1 unspecified atom stereocenters. The number of pyridine rings is 1. The number of amidine groups is 1. The molecule has 2 rings (SSSR count). The first-order valence-corrected chi connectivity index (χ1v) is 7.56. The number of nitrogens with two attached hydrogens (primary N) is 1. The minimum atomic E-state index is -3.65. The standard InChI is InChI=1S/C13H16N4O2S/c1-9(13(14)15)7-17-20(18,19)12-4-2-3-10-8-16-6-5-11(10)12/h2-6,8-9,17H,7H2,1H3,(H3,14,15). The van der Waals surface area contributed by atoms with Gasteiger partial charge >= 0.3 is 0 Å². The number of fused-ring (bicyclic) bond motifs is 1. The lowest BCUT2D eigenvalue weighted by Crippen LogP contribution is -2.34. The molecule has 0 bridgehead atoms. The summed E-state index contributed by atoms with van der Waals surface area (Å²) in [4.78, 5) is 4.18. The van der Waals surface area contributed by atoms with Crippen molar-refractivity contribution in [3.8, 4) is 0 Å². The van der Waals surface area contributed by atoms with Crippen molar-refractivity contribution in [3.05, 3.63) is 36.7 Å². The van der Waals surface area contributed by atoms with Crippen LogP contribution in [0.5, 0.6) is 0 Å². The molecule has 0 fully saturated rings. The molecule has 0 aliphatic carbocycles. The third-order valence-electron chi connectivity index (χ3n) is 3.04. The fourth-order valence-corrected chi connectivity index (χ4v) is 3.11. The first-order valence-electron chi connectivity index (χ1n) is 6.08. The molecule has 0 aliphatic heterocycles. The highest BCUT2D eigenvalue weighted by atomic mass is 32.2. The van der Waals surface area contributed by atoms with Crippen molar-refractivity contribution < 1.29 is 8.42 Å². The lowest BCUT2D eigenvalue weighted by molar-refractivity contribution is 0.575. The minimum absolute atomic E-state index is 0.0465. The first kappa shape index (κ1) is 14.4. The molecule has 6 nitrogen and oxygen atoms in total. The SMILES string of the molecule is CC(CNS(=O)(=O)c1cccc2cnccc12)C(=N)N. The van der Waals surface area contributed by atoms with E-state index in [1.165, 1.54) is 0 Å². The zero-order valence-electron chi connectivity index (χ0n) is 11.0. The van der Waals surface area contributed by atoms with Gasteiger partial charge in [0.2, 0.25) is 10.0 Å². The van der Waals surface area contributed by atoms with Crippen LogP contribution < -0.4 is 10.5 Å². The molecule has 7 heteroatoms. The number of nitrogens with one attached hydrogen (secondary N) is 2. The minimum Gasteiger partial charge on any atom is -0.387 e. The molecule has 0 aliphatic rings. The monoisotopic (exact) mass is 292 g/mol. The van der Waals surface area contributed by atoms with Crippen LogP contribution in [0.15, 0.2) is 41.6 Å². The number of aromatic nitrogens is 1. The lowest BCUT2D eigenvalue weighted by Gasteiger charge is -2.12. The Bertz CT molecular complexity index is 738. The molecule has 0 saturated heterocycles. The summed E-state index contributed by atoms with van der Waals surface area (Å²) < 4.78 is 27.1. The number of nitrogens with zero attached hydrogens (tertiary/aromatic N) is 1. The van der Waals surface area contributed by atoms with Crippen LogP contribution in [0.1, 0.15) is 6.92 Å². The predicted molar refractivity (Wildman–Crippen MR) is 78.0 cm³/mol. The summed E-state index contributed by atoms with van der Waals surface area (Å²) in [7, 11) is -3.65. The Morgan fingerprint density at radius 3 is 2.90 bits per heavy atom. The topological polar surface area (TPSA) is 109 Å². The molecule has 1 aromatic heterocycles. The van der Waals surface area contributed by atoms with E-state index in [-0.39, 0.29) is 23.2 Å². The molecular weight excluding hydrogens is 276 g/mol. The number of hydrogen-bond acceptors (Lipinski definition) is 4. The molecule has 0 radical (unpaired) electrons. The molecule has 0 amide bonds. The summed E-state index contributed by atoms with van der Waals surface area (Å²) in [6.45, 7) is 1.79. The number of benzene rings is 1. The number of rotatable bonds is 5. The summed E-state index contributed by atoms with van der Waals surface area (Å²) in [6, 6.07) is 6.69. The van der Waals surface area contributed by atoms with Crippen molar-refractivity contribution in [2.45, 2.75) is 11.8 Å². The largest absolute Gasteiger partial charge is 0.387 e. The maximum atomic E-state index is 12.3. The van der Waals surface area contributed by atoms with Crippen LogP contribution in [-0.2, 0) is 10.0 Å². The second kappa shape index (κ2) is 5.56. The van der Waals surface area contributed by atoms with Crippen LogP contribution in [-0.4, -0.2) is 25.8 Å². The molecule has 0 spiro atoms. The Morgan fingerprint density at radius 2 is 2.20 bits per heavy atom. The van der Waals surface area contributed by atoms with Gasteiger partial charge in [0, 0.05) is 35.6 Å². The third-order valence-corrected chi connectivity index (χ3v) is 4.52. The van der Waals surface area contributed by atoms with Gasteiger partial charge in [-0.3, -0.25) is 10.4 Å². The average Bonchev–Trinajstić information content (AvgIpc) is 2.44. The van der Waals surface area contributed by atoms with Crippen LogP contribution >= 0.6 is 0 Å². The summed E-state index contributed by atoms with van der Waals surface area (Å²) >= 11 is 0. The summed E-state index contributed by atoms with van der Waals surface area (Å²) in [5.41, 5.74) is 5.33. The summed E-state index contributed by atoms with van der Waals surface area (Å²) in [6.07, 6.45) is 3.17. The van der Waals surface area contributed by atoms with Crippen LogP contribution in [0.4, 0.5) is 0 Å². The molecule has 1 heterocycles. The average molecular weight is 292 g/mol. The van der Waals surface area contributed by atoms with Crippen molar-refractivity contribution in [1.82, 2.24) is 9.71 Å². The second-order valence-corrected chi connectivity index (χ2v) is 6.30. The molecule has 4 N–H and O–H groups in total. The van der Waals surface area contributed by atoms with Crippen LogP contribution in [0.3, 0.4) is 0 Å². The van der Waals surface area contributed by atoms with E-state index in [9.17, 15) is 8.42 Å². The van der Waals surface area contributed by atoms with Crippen LogP contribution in [0.2, 0.25) is 0 Å². The van der Waals surface area contributed by atoms with Gasteiger partial charge in [-0.15, -0.1) is 0 Å². The van der Waals surface area contributed by atoms with E-state index in [4.69, 9.17) is 11.1 Å². The fourth-order valence-electron chi connectivity index (χ4n) is 1.75. The molecule has 1 aromatic carbocycles. The maximum absolute atomic E-state index is 12.3. The first-order chi connectivity index (χ1) is 9.42. The zero-order valence-corrected chi connectivity index (χ0v) is 11.8. The Kier molecular flexibility index (Phi) is 4.01. The van der Waals surface area contributed by atoms with Gasteiger partial charge in [0.25, 0.3) is 0 Å². The van der Waals surface area contributed by atoms with Crippen LogP contribution in [0.25, 0.3) is 10.8 Å². The van der Waals surface area contributed by atoms with Gasteiger partial charge in [0.05, 0.1) is 10.7 Å². The Balaban J connectivity index is 2.35. The van der Waals surface area contributed by atoms with Gasteiger partial charge in [0.15, 0.2) is 0 Å². The van der Waals surface area contributed by atoms with Gasteiger partial charge in [-0.2, -0.15) is 0 Å². The molecule has 106 valence electrons. The molecule has 2 aromatic rings. The molecule has 1 atom stereocenters. The molecular formula is C13H16N4O2S. The molecule has 0 saturated carbocycles. The van der Waals surface area contributed by atoms with E-state index in [0.29, 0.717) is 5.39 Å². The van der Waals surface area contributed by atoms with Crippen molar-refractivity contribution in [3.63, 3.8) is 0 Å². The second-order valence-electron chi connectivity index (χ2n) is 4.56. The van der Waals surface area contributed by atoms with Gasteiger partial charge in [0.1, 0.15) is 0 Å². The maximum Gasteiger partial charge on any atom is 0.241 e.